The molecule has 1 aliphatic rings. The predicted octanol–water partition coefficient (Wildman–Crippen LogP) is 3.31. The lowest BCUT2D eigenvalue weighted by Gasteiger charge is -2.16. The molecule has 0 unspecified atom stereocenters. The smallest absolute Gasteiger partial charge is 0.306 e. The van der Waals surface area contributed by atoms with Crippen LogP contribution in [-0.4, -0.2) is 23.9 Å². The Morgan fingerprint density at radius 1 is 1.55 bits per heavy atom. The van der Waals surface area contributed by atoms with Gasteiger partial charge in [0.15, 0.2) is 0 Å². The summed E-state index contributed by atoms with van der Waals surface area (Å²) in [7, 11) is 1.38. The van der Waals surface area contributed by atoms with Crippen molar-refractivity contribution in [2.75, 3.05) is 12.9 Å². The first-order valence-corrected chi connectivity index (χ1v) is 7.62. The first-order chi connectivity index (χ1) is 9.47. The van der Waals surface area contributed by atoms with Crippen LogP contribution in [0.4, 0.5) is 4.39 Å². The molecule has 5 heteroatoms. The van der Waals surface area contributed by atoms with Crippen molar-refractivity contribution in [2.45, 2.75) is 37.2 Å². The Labute approximate surface area is 122 Å². The van der Waals surface area contributed by atoms with E-state index in [0.29, 0.717) is 22.6 Å². The molecule has 0 aromatic heterocycles. The summed E-state index contributed by atoms with van der Waals surface area (Å²) in [5.74, 6) is 0.137. The molecule has 1 aromatic rings. The van der Waals surface area contributed by atoms with Crippen molar-refractivity contribution in [3.05, 3.63) is 29.6 Å². The maximum Gasteiger partial charge on any atom is 0.306 e. The van der Waals surface area contributed by atoms with Gasteiger partial charge in [-0.25, -0.2) is 4.39 Å². The number of hydrogen-bond donors (Lipinski definition) is 1. The van der Waals surface area contributed by atoms with Gasteiger partial charge in [0, 0.05) is 10.6 Å². The Bertz CT molecular complexity index is 498. The van der Waals surface area contributed by atoms with Crippen LogP contribution in [-0.2, 0) is 9.53 Å². The molecule has 1 fully saturated rings. The number of benzene rings is 1. The summed E-state index contributed by atoms with van der Waals surface area (Å²) in [6, 6.07) is 4.73. The minimum atomic E-state index is -0.705. The van der Waals surface area contributed by atoms with Gasteiger partial charge in [0.25, 0.3) is 0 Å². The van der Waals surface area contributed by atoms with Crippen LogP contribution in [0.2, 0.25) is 0 Å². The summed E-state index contributed by atoms with van der Waals surface area (Å²) < 4.78 is 18.6. The van der Waals surface area contributed by atoms with E-state index >= 15 is 0 Å². The van der Waals surface area contributed by atoms with Gasteiger partial charge >= 0.3 is 5.97 Å². The molecule has 20 heavy (non-hydrogen) atoms. The average molecular weight is 298 g/mol. The van der Waals surface area contributed by atoms with E-state index in [0.717, 1.165) is 12.8 Å². The van der Waals surface area contributed by atoms with Crippen molar-refractivity contribution in [1.82, 2.24) is 0 Å². The molecule has 0 heterocycles. The molecule has 1 aromatic carbocycles. The highest BCUT2D eigenvalue weighted by Gasteiger charge is 2.44. The molecule has 0 amide bonds. The Hall–Kier alpha value is -1.07. The van der Waals surface area contributed by atoms with E-state index in [1.54, 1.807) is 19.1 Å². The van der Waals surface area contributed by atoms with Gasteiger partial charge in [-0.3, -0.25) is 4.79 Å². The van der Waals surface area contributed by atoms with Crippen molar-refractivity contribution < 1.29 is 19.0 Å². The van der Waals surface area contributed by atoms with Crippen LogP contribution in [0.5, 0.6) is 0 Å². The van der Waals surface area contributed by atoms with Gasteiger partial charge < -0.3 is 9.84 Å². The van der Waals surface area contributed by atoms with E-state index in [1.807, 2.05) is 0 Å². The number of hydrogen-bond acceptors (Lipinski definition) is 4. The molecule has 1 aliphatic carbocycles. The number of ether oxygens (including phenoxy) is 1. The molecule has 0 spiro atoms. The second kappa shape index (κ2) is 6.14. The quantitative estimate of drug-likeness (QED) is 0.646. The van der Waals surface area contributed by atoms with Crippen molar-refractivity contribution in [2.24, 2.45) is 5.41 Å². The minimum absolute atomic E-state index is 0.0595. The zero-order chi connectivity index (χ0) is 14.8. The Morgan fingerprint density at radius 2 is 2.25 bits per heavy atom. The lowest BCUT2D eigenvalue weighted by molar-refractivity contribution is -0.141. The van der Waals surface area contributed by atoms with Crippen LogP contribution in [0.3, 0.4) is 0 Å². The number of thioether (sulfide) groups is 1. The van der Waals surface area contributed by atoms with Crippen molar-refractivity contribution in [3.63, 3.8) is 0 Å². The first-order valence-electron chi connectivity index (χ1n) is 6.63. The molecule has 1 atom stereocenters. The molecule has 1 N–H and O–H groups in total. The number of carbonyl (C=O) groups is 1. The van der Waals surface area contributed by atoms with Gasteiger partial charge in [-0.05, 0) is 36.8 Å². The van der Waals surface area contributed by atoms with E-state index in [9.17, 15) is 14.3 Å². The van der Waals surface area contributed by atoms with E-state index < -0.39 is 6.10 Å². The minimum Gasteiger partial charge on any atom is -0.469 e. The SMILES string of the molecule is COC(=O)CC1(CSc2c(F)cccc2[C@@H](C)O)CC1. The zero-order valence-electron chi connectivity index (χ0n) is 11.7. The molecule has 2 rings (SSSR count). The molecule has 1 saturated carbocycles. The molecule has 3 nitrogen and oxygen atoms in total. The topological polar surface area (TPSA) is 46.5 Å². The largest absolute Gasteiger partial charge is 0.469 e. The molecule has 110 valence electrons. The standard InChI is InChI=1S/C15H19FO3S/c1-10(17)11-4-3-5-12(16)14(11)20-9-15(6-7-15)8-13(18)19-2/h3-5,10,17H,6-9H2,1-2H3/t10-/m1/s1. The van der Waals surface area contributed by atoms with Gasteiger partial charge in [0.1, 0.15) is 5.82 Å². The number of methoxy groups -OCH3 is 1. The van der Waals surface area contributed by atoms with Crippen LogP contribution < -0.4 is 0 Å². The van der Waals surface area contributed by atoms with E-state index in [2.05, 4.69) is 0 Å². The van der Waals surface area contributed by atoms with Gasteiger partial charge in [0.05, 0.1) is 19.6 Å². The van der Waals surface area contributed by atoms with E-state index in [-0.39, 0.29) is 17.2 Å². The van der Waals surface area contributed by atoms with Crippen LogP contribution in [0.25, 0.3) is 0 Å². The van der Waals surface area contributed by atoms with E-state index in [4.69, 9.17) is 4.74 Å². The average Bonchev–Trinajstić information content (AvgIpc) is 3.16. The highest BCUT2D eigenvalue weighted by atomic mass is 32.2. The zero-order valence-corrected chi connectivity index (χ0v) is 12.5. The second-order valence-electron chi connectivity index (χ2n) is 5.38. The molecule has 0 radical (unpaired) electrons. The van der Waals surface area contributed by atoms with Crippen molar-refractivity contribution in [3.8, 4) is 0 Å². The van der Waals surface area contributed by atoms with Crippen LogP contribution in [0.15, 0.2) is 23.1 Å². The number of halogens is 1. The lowest BCUT2D eigenvalue weighted by Crippen LogP contribution is -2.13. The first kappa shape index (κ1) is 15.3. The number of carbonyl (C=O) groups excluding carboxylic acids is 1. The summed E-state index contributed by atoms with van der Waals surface area (Å²) in [5.41, 5.74) is 0.541. The third-order valence-corrected chi connectivity index (χ3v) is 5.15. The Morgan fingerprint density at radius 3 is 2.80 bits per heavy atom. The summed E-state index contributed by atoms with van der Waals surface area (Å²) in [6.45, 7) is 1.63. The number of aliphatic hydroxyl groups excluding tert-OH is 1. The van der Waals surface area contributed by atoms with Gasteiger partial charge in [-0.2, -0.15) is 0 Å². The maximum absolute atomic E-state index is 13.9. The molecular weight excluding hydrogens is 279 g/mol. The van der Waals surface area contributed by atoms with Gasteiger partial charge in [0.2, 0.25) is 0 Å². The Kier molecular flexibility index (Phi) is 4.70. The van der Waals surface area contributed by atoms with Gasteiger partial charge in [-0.15, -0.1) is 11.8 Å². The third kappa shape index (κ3) is 3.52. The Balaban J connectivity index is 2.06. The molecular formula is C15H19FO3S. The fraction of sp³-hybridized carbons (Fsp3) is 0.533. The normalized spacial score (nSPS) is 17.6. The molecule has 0 saturated heterocycles. The summed E-state index contributed by atoms with van der Waals surface area (Å²) in [6.07, 6.45) is 1.61. The van der Waals surface area contributed by atoms with Crippen LogP contribution in [0.1, 0.15) is 37.9 Å². The van der Waals surface area contributed by atoms with Crippen molar-refractivity contribution in [1.29, 1.82) is 0 Å². The number of esters is 1. The van der Waals surface area contributed by atoms with Gasteiger partial charge in [-0.1, -0.05) is 12.1 Å². The molecule has 0 aliphatic heterocycles. The van der Waals surface area contributed by atoms with Crippen LogP contribution in [0, 0.1) is 11.2 Å². The monoisotopic (exact) mass is 298 g/mol. The van der Waals surface area contributed by atoms with E-state index in [1.165, 1.54) is 24.9 Å². The summed E-state index contributed by atoms with van der Waals surface area (Å²) >= 11 is 1.38. The van der Waals surface area contributed by atoms with Crippen molar-refractivity contribution >= 4 is 17.7 Å². The maximum atomic E-state index is 13.9. The fourth-order valence-corrected chi connectivity index (χ4v) is 3.61. The number of rotatable bonds is 6. The van der Waals surface area contributed by atoms with Crippen LogP contribution >= 0.6 is 11.8 Å². The lowest BCUT2D eigenvalue weighted by atomic mass is 10.1. The third-order valence-electron chi connectivity index (χ3n) is 3.67. The second-order valence-corrected chi connectivity index (χ2v) is 6.36. The summed E-state index contributed by atoms with van der Waals surface area (Å²) in [5, 5.41) is 9.70. The summed E-state index contributed by atoms with van der Waals surface area (Å²) in [4.78, 5) is 11.9. The number of aliphatic hydroxyl groups is 1. The highest BCUT2D eigenvalue weighted by molar-refractivity contribution is 7.99. The fourth-order valence-electron chi connectivity index (χ4n) is 2.16. The predicted molar refractivity (Wildman–Crippen MR) is 76.1 cm³/mol. The highest BCUT2D eigenvalue weighted by Crippen LogP contribution is 2.52. The molecule has 0 bridgehead atoms.